The number of methoxy groups -OCH3 is 1. The average Bonchev–Trinajstić information content (AvgIpc) is 2.41. The van der Waals surface area contributed by atoms with Crippen LogP contribution in [0.3, 0.4) is 0 Å². The fraction of sp³-hybridized carbons (Fsp3) is 0.0714. The Bertz CT molecular complexity index is 535. The van der Waals surface area contributed by atoms with Gasteiger partial charge in [-0.1, -0.05) is 11.8 Å². The van der Waals surface area contributed by atoms with Gasteiger partial charge in [0, 0.05) is 9.79 Å². The molecule has 0 aliphatic rings. The Hall–Kier alpha value is -1.81. The number of halogens is 1. The smallest absolute Gasteiger partial charge is 0.337 e. The summed E-state index contributed by atoms with van der Waals surface area (Å²) in [4.78, 5) is 13.2. The summed E-state index contributed by atoms with van der Waals surface area (Å²) in [6, 6.07) is 13.4. The summed E-state index contributed by atoms with van der Waals surface area (Å²) in [5, 5.41) is 0. The first kappa shape index (κ1) is 12.6. The minimum atomic E-state index is -0.353. The molecule has 0 spiro atoms. The molecule has 2 nitrogen and oxygen atoms in total. The summed E-state index contributed by atoms with van der Waals surface area (Å²) in [5.74, 6) is -0.603. The van der Waals surface area contributed by atoms with E-state index in [-0.39, 0.29) is 11.8 Å². The third-order valence-electron chi connectivity index (χ3n) is 2.32. The van der Waals surface area contributed by atoms with Gasteiger partial charge in [0.1, 0.15) is 5.82 Å². The fourth-order valence-corrected chi connectivity index (χ4v) is 2.23. The molecular formula is C14H11FO2S. The second kappa shape index (κ2) is 5.69. The molecule has 0 fully saturated rings. The molecule has 0 unspecified atom stereocenters. The van der Waals surface area contributed by atoms with Crippen LogP contribution in [0.5, 0.6) is 0 Å². The molecule has 2 rings (SSSR count). The molecule has 0 atom stereocenters. The monoisotopic (exact) mass is 262 g/mol. The van der Waals surface area contributed by atoms with E-state index in [1.165, 1.54) is 31.0 Å². The second-order valence-electron chi connectivity index (χ2n) is 3.57. The van der Waals surface area contributed by atoms with Crippen molar-refractivity contribution in [1.82, 2.24) is 0 Å². The van der Waals surface area contributed by atoms with Gasteiger partial charge in [-0.15, -0.1) is 0 Å². The zero-order valence-corrected chi connectivity index (χ0v) is 10.5. The zero-order chi connectivity index (χ0) is 13.0. The Morgan fingerprint density at radius 3 is 2.00 bits per heavy atom. The van der Waals surface area contributed by atoms with Gasteiger partial charge < -0.3 is 4.74 Å². The lowest BCUT2D eigenvalue weighted by molar-refractivity contribution is 0.0600. The van der Waals surface area contributed by atoms with Crippen molar-refractivity contribution in [2.75, 3.05) is 7.11 Å². The van der Waals surface area contributed by atoms with Crippen LogP contribution in [0.25, 0.3) is 0 Å². The molecule has 0 heterocycles. The quantitative estimate of drug-likeness (QED) is 0.788. The van der Waals surface area contributed by atoms with Crippen LogP contribution < -0.4 is 0 Å². The highest BCUT2D eigenvalue weighted by Crippen LogP contribution is 2.27. The Balaban J connectivity index is 2.10. The Labute approximate surface area is 109 Å². The number of hydrogen-bond acceptors (Lipinski definition) is 3. The number of esters is 1. The van der Waals surface area contributed by atoms with Crippen LogP contribution in [0, 0.1) is 5.82 Å². The number of benzene rings is 2. The molecule has 0 saturated heterocycles. The van der Waals surface area contributed by atoms with Gasteiger partial charge in [0.25, 0.3) is 0 Å². The van der Waals surface area contributed by atoms with E-state index in [1.807, 2.05) is 12.1 Å². The third-order valence-corrected chi connectivity index (χ3v) is 3.34. The normalized spacial score (nSPS) is 10.1. The lowest BCUT2D eigenvalue weighted by atomic mass is 10.2. The van der Waals surface area contributed by atoms with Crippen molar-refractivity contribution in [2.45, 2.75) is 9.79 Å². The summed E-state index contributed by atoms with van der Waals surface area (Å²) in [7, 11) is 1.35. The molecule has 2 aromatic rings. The van der Waals surface area contributed by atoms with Gasteiger partial charge in [0.15, 0.2) is 0 Å². The van der Waals surface area contributed by atoms with Crippen LogP contribution >= 0.6 is 11.8 Å². The van der Waals surface area contributed by atoms with Gasteiger partial charge in [-0.25, -0.2) is 9.18 Å². The van der Waals surface area contributed by atoms with Crippen LogP contribution in [-0.2, 0) is 4.74 Å². The summed E-state index contributed by atoms with van der Waals surface area (Å²) < 4.78 is 17.4. The highest BCUT2D eigenvalue weighted by molar-refractivity contribution is 7.99. The molecule has 0 saturated carbocycles. The third kappa shape index (κ3) is 3.11. The van der Waals surface area contributed by atoms with Crippen molar-refractivity contribution in [1.29, 1.82) is 0 Å². The number of ether oxygens (including phenoxy) is 1. The highest BCUT2D eigenvalue weighted by Gasteiger charge is 2.04. The van der Waals surface area contributed by atoms with Gasteiger partial charge in [-0.3, -0.25) is 0 Å². The van der Waals surface area contributed by atoms with E-state index in [0.717, 1.165) is 9.79 Å². The van der Waals surface area contributed by atoms with Crippen molar-refractivity contribution in [3.63, 3.8) is 0 Å². The maximum atomic E-state index is 12.7. The topological polar surface area (TPSA) is 26.3 Å². The molecule has 0 N–H and O–H groups in total. The van der Waals surface area contributed by atoms with Crippen LogP contribution in [-0.4, -0.2) is 13.1 Å². The molecule has 0 bridgehead atoms. The molecule has 0 radical (unpaired) electrons. The van der Waals surface area contributed by atoms with Crippen LogP contribution in [0.4, 0.5) is 4.39 Å². The van der Waals surface area contributed by atoms with E-state index in [2.05, 4.69) is 4.74 Å². The molecule has 18 heavy (non-hydrogen) atoms. The SMILES string of the molecule is COC(=O)c1ccc(Sc2ccc(F)cc2)cc1. The molecule has 0 aromatic heterocycles. The van der Waals surface area contributed by atoms with Crippen LogP contribution in [0.15, 0.2) is 58.3 Å². The zero-order valence-electron chi connectivity index (χ0n) is 9.72. The summed E-state index contributed by atoms with van der Waals surface area (Å²) >= 11 is 1.51. The van der Waals surface area contributed by atoms with Gasteiger partial charge >= 0.3 is 5.97 Å². The predicted octanol–water partition coefficient (Wildman–Crippen LogP) is 3.76. The average molecular weight is 262 g/mol. The predicted molar refractivity (Wildman–Crippen MR) is 68.3 cm³/mol. The van der Waals surface area contributed by atoms with Gasteiger partial charge in [0.05, 0.1) is 12.7 Å². The van der Waals surface area contributed by atoms with Crippen molar-refractivity contribution in [2.24, 2.45) is 0 Å². The molecule has 4 heteroatoms. The van der Waals surface area contributed by atoms with Crippen molar-refractivity contribution in [3.8, 4) is 0 Å². The molecule has 0 aliphatic carbocycles. The second-order valence-corrected chi connectivity index (χ2v) is 4.72. The molecule has 0 amide bonds. The molecule has 92 valence electrons. The van der Waals surface area contributed by atoms with E-state index in [1.54, 1.807) is 24.3 Å². The number of rotatable bonds is 3. The highest BCUT2D eigenvalue weighted by atomic mass is 32.2. The Morgan fingerprint density at radius 2 is 1.50 bits per heavy atom. The Kier molecular flexibility index (Phi) is 3.99. The first-order valence-corrected chi connectivity index (χ1v) is 6.12. The molecule has 2 aromatic carbocycles. The molecular weight excluding hydrogens is 251 g/mol. The van der Waals surface area contributed by atoms with Gasteiger partial charge in [0.2, 0.25) is 0 Å². The maximum Gasteiger partial charge on any atom is 0.337 e. The largest absolute Gasteiger partial charge is 0.465 e. The first-order valence-electron chi connectivity index (χ1n) is 5.31. The number of hydrogen-bond donors (Lipinski definition) is 0. The standard InChI is InChI=1S/C14H11FO2S/c1-17-14(16)10-2-6-12(7-3-10)18-13-8-4-11(15)5-9-13/h2-9H,1H3. The van der Waals surface area contributed by atoms with Crippen molar-refractivity contribution >= 4 is 17.7 Å². The van der Waals surface area contributed by atoms with E-state index in [4.69, 9.17) is 0 Å². The molecule has 0 aliphatic heterocycles. The van der Waals surface area contributed by atoms with E-state index in [0.29, 0.717) is 5.56 Å². The maximum absolute atomic E-state index is 12.7. The van der Waals surface area contributed by atoms with Crippen molar-refractivity contribution < 1.29 is 13.9 Å². The summed E-state index contributed by atoms with van der Waals surface area (Å²) in [6.45, 7) is 0. The minimum absolute atomic E-state index is 0.250. The summed E-state index contributed by atoms with van der Waals surface area (Å²) in [6.07, 6.45) is 0. The van der Waals surface area contributed by atoms with Gasteiger partial charge in [-0.05, 0) is 48.5 Å². The van der Waals surface area contributed by atoms with E-state index < -0.39 is 0 Å². The van der Waals surface area contributed by atoms with Crippen molar-refractivity contribution in [3.05, 3.63) is 59.9 Å². The lowest BCUT2D eigenvalue weighted by Gasteiger charge is -2.03. The first-order chi connectivity index (χ1) is 8.69. The van der Waals surface area contributed by atoms with E-state index in [9.17, 15) is 9.18 Å². The number of carbonyl (C=O) groups excluding carboxylic acids is 1. The lowest BCUT2D eigenvalue weighted by Crippen LogP contribution is -2.00. The number of carbonyl (C=O) groups is 1. The van der Waals surface area contributed by atoms with E-state index >= 15 is 0 Å². The Morgan fingerprint density at radius 1 is 1.00 bits per heavy atom. The minimum Gasteiger partial charge on any atom is -0.465 e. The van der Waals surface area contributed by atoms with Gasteiger partial charge in [-0.2, -0.15) is 0 Å². The van der Waals surface area contributed by atoms with Crippen LogP contribution in [0.2, 0.25) is 0 Å². The fourth-order valence-electron chi connectivity index (χ4n) is 1.42. The van der Waals surface area contributed by atoms with Crippen LogP contribution in [0.1, 0.15) is 10.4 Å². The summed E-state index contributed by atoms with van der Waals surface area (Å²) in [5.41, 5.74) is 0.515.